The lowest BCUT2D eigenvalue weighted by atomic mass is 9.77. The Balaban J connectivity index is 2.18. The minimum atomic E-state index is -0.0864. The fourth-order valence-electron chi connectivity index (χ4n) is 4.92. The van der Waals surface area contributed by atoms with Crippen molar-refractivity contribution in [2.24, 2.45) is 23.7 Å². The van der Waals surface area contributed by atoms with Crippen LogP contribution in [0.2, 0.25) is 0 Å². The van der Waals surface area contributed by atoms with Crippen LogP contribution in [-0.4, -0.2) is 24.4 Å². The minimum absolute atomic E-state index is 0.0864. The molecule has 0 aromatic carbocycles. The first kappa shape index (κ1) is 27.0. The van der Waals surface area contributed by atoms with E-state index in [1.54, 1.807) is 0 Å². The third kappa shape index (κ3) is 13.0. The summed E-state index contributed by atoms with van der Waals surface area (Å²) in [5.74, 6) is 3.49. The van der Waals surface area contributed by atoms with Gasteiger partial charge in [-0.05, 0) is 77.6 Å². The van der Waals surface area contributed by atoms with E-state index in [1.807, 2.05) is 0 Å². The Morgan fingerprint density at radius 1 is 0.828 bits per heavy atom. The third-order valence-corrected chi connectivity index (χ3v) is 7.00. The molecule has 1 fully saturated rings. The lowest BCUT2D eigenvalue weighted by Gasteiger charge is -2.37. The first-order chi connectivity index (χ1) is 13.6. The van der Waals surface area contributed by atoms with Crippen molar-refractivity contribution in [1.82, 2.24) is 0 Å². The molecule has 29 heavy (non-hydrogen) atoms. The quantitative estimate of drug-likeness (QED) is 0.270. The molecule has 0 heterocycles. The van der Waals surface area contributed by atoms with Crippen molar-refractivity contribution in [3.63, 3.8) is 0 Å². The van der Waals surface area contributed by atoms with Crippen molar-refractivity contribution in [1.29, 1.82) is 0 Å². The molecule has 0 N–H and O–H groups in total. The molecular formula is C27H54O2. The third-order valence-electron chi connectivity index (χ3n) is 7.00. The summed E-state index contributed by atoms with van der Waals surface area (Å²) in [6.45, 7) is 18.9. The average molecular weight is 411 g/mol. The van der Waals surface area contributed by atoms with Gasteiger partial charge in [-0.15, -0.1) is 0 Å². The molecule has 0 aliphatic heterocycles. The molecule has 0 bridgehead atoms. The maximum Gasteiger partial charge on any atom is 0.0652 e. The fraction of sp³-hybridized carbons (Fsp3) is 1.00. The van der Waals surface area contributed by atoms with Crippen molar-refractivity contribution in [2.75, 3.05) is 6.61 Å². The van der Waals surface area contributed by atoms with Crippen LogP contribution in [0.25, 0.3) is 0 Å². The summed E-state index contributed by atoms with van der Waals surface area (Å²) in [6, 6.07) is 0. The van der Waals surface area contributed by atoms with Gasteiger partial charge in [0.2, 0.25) is 0 Å². The molecule has 174 valence electrons. The van der Waals surface area contributed by atoms with E-state index in [9.17, 15) is 0 Å². The van der Waals surface area contributed by atoms with Crippen LogP contribution in [0.4, 0.5) is 0 Å². The van der Waals surface area contributed by atoms with E-state index >= 15 is 0 Å². The van der Waals surface area contributed by atoms with E-state index in [1.165, 1.54) is 64.2 Å². The van der Waals surface area contributed by atoms with Gasteiger partial charge in [0.25, 0.3) is 0 Å². The predicted octanol–water partition coefficient (Wildman–Crippen LogP) is 8.42. The Morgan fingerprint density at radius 2 is 1.45 bits per heavy atom. The number of hydrogen-bond donors (Lipinski definition) is 0. The smallest absolute Gasteiger partial charge is 0.0652 e. The van der Waals surface area contributed by atoms with E-state index < -0.39 is 0 Å². The molecular weight excluding hydrogens is 356 g/mol. The summed E-state index contributed by atoms with van der Waals surface area (Å²) in [5.41, 5.74) is -0.0864. The van der Waals surface area contributed by atoms with Crippen molar-refractivity contribution in [3.05, 3.63) is 0 Å². The first-order valence-corrected chi connectivity index (χ1v) is 12.9. The molecule has 1 rings (SSSR count). The van der Waals surface area contributed by atoms with Gasteiger partial charge >= 0.3 is 0 Å². The maximum absolute atomic E-state index is 6.48. The van der Waals surface area contributed by atoms with Crippen molar-refractivity contribution >= 4 is 0 Å². The van der Waals surface area contributed by atoms with Crippen LogP contribution in [0.15, 0.2) is 0 Å². The van der Waals surface area contributed by atoms with Crippen LogP contribution >= 0.6 is 0 Å². The summed E-state index contributed by atoms with van der Waals surface area (Å²) in [6.07, 6.45) is 15.8. The number of hydrogen-bond acceptors (Lipinski definition) is 2. The highest BCUT2D eigenvalue weighted by Crippen LogP contribution is 2.36. The molecule has 2 atom stereocenters. The lowest BCUT2D eigenvalue weighted by Crippen LogP contribution is -2.36. The van der Waals surface area contributed by atoms with Crippen molar-refractivity contribution in [2.45, 2.75) is 144 Å². The van der Waals surface area contributed by atoms with Gasteiger partial charge in [-0.3, -0.25) is 0 Å². The molecule has 0 aromatic rings. The molecule has 2 unspecified atom stereocenters. The van der Waals surface area contributed by atoms with Crippen LogP contribution < -0.4 is 0 Å². The summed E-state index contributed by atoms with van der Waals surface area (Å²) >= 11 is 0. The highest BCUT2D eigenvalue weighted by atomic mass is 16.5. The van der Waals surface area contributed by atoms with Gasteiger partial charge in [-0.1, -0.05) is 72.1 Å². The fourth-order valence-corrected chi connectivity index (χ4v) is 4.92. The minimum Gasteiger partial charge on any atom is -0.379 e. The number of ether oxygens (including phenoxy) is 2. The Labute approximate surface area is 183 Å². The summed E-state index contributed by atoms with van der Waals surface area (Å²) in [4.78, 5) is 0. The zero-order chi connectivity index (χ0) is 21.9. The van der Waals surface area contributed by atoms with Crippen LogP contribution in [0.1, 0.15) is 126 Å². The Hall–Kier alpha value is -0.0800. The van der Waals surface area contributed by atoms with Gasteiger partial charge in [0.15, 0.2) is 0 Å². The lowest BCUT2D eigenvalue weighted by molar-refractivity contribution is -0.108. The average Bonchev–Trinajstić information content (AvgIpc) is 2.61. The van der Waals surface area contributed by atoms with E-state index in [4.69, 9.17) is 9.47 Å². The molecule has 2 nitrogen and oxygen atoms in total. The van der Waals surface area contributed by atoms with Crippen LogP contribution in [0.5, 0.6) is 0 Å². The largest absolute Gasteiger partial charge is 0.379 e. The van der Waals surface area contributed by atoms with E-state index in [0.29, 0.717) is 12.2 Å². The SMILES string of the molecule is CC(C)CCCC(C)CCCC1CCC(C(C)OC(C)(C)CCOC(C)C)CC1. The normalized spacial score (nSPS) is 23.0. The monoisotopic (exact) mass is 410 g/mol. The molecule has 2 heteroatoms. The zero-order valence-electron chi connectivity index (χ0n) is 21.3. The molecule has 1 aliphatic carbocycles. The van der Waals surface area contributed by atoms with E-state index in [-0.39, 0.29) is 5.60 Å². The van der Waals surface area contributed by atoms with Gasteiger partial charge in [0.05, 0.1) is 17.8 Å². The molecule has 0 aromatic heterocycles. The Morgan fingerprint density at radius 3 is 2.03 bits per heavy atom. The molecule has 0 radical (unpaired) electrons. The highest BCUT2D eigenvalue weighted by Gasteiger charge is 2.30. The van der Waals surface area contributed by atoms with Crippen LogP contribution in [-0.2, 0) is 9.47 Å². The molecule has 1 saturated carbocycles. The van der Waals surface area contributed by atoms with Crippen molar-refractivity contribution in [3.8, 4) is 0 Å². The van der Waals surface area contributed by atoms with E-state index in [2.05, 4.69) is 55.4 Å². The highest BCUT2D eigenvalue weighted by molar-refractivity contribution is 4.79. The topological polar surface area (TPSA) is 18.5 Å². The van der Waals surface area contributed by atoms with Crippen LogP contribution in [0.3, 0.4) is 0 Å². The van der Waals surface area contributed by atoms with Gasteiger partial charge in [0, 0.05) is 6.61 Å². The molecule has 0 spiro atoms. The zero-order valence-corrected chi connectivity index (χ0v) is 21.3. The maximum atomic E-state index is 6.48. The second-order valence-electron chi connectivity index (χ2n) is 11.4. The van der Waals surface area contributed by atoms with E-state index in [0.717, 1.165) is 36.7 Å². The molecule has 0 amide bonds. The van der Waals surface area contributed by atoms with Crippen molar-refractivity contribution < 1.29 is 9.47 Å². The summed E-state index contributed by atoms with van der Waals surface area (Å²) in [7, 11) is 0. The number of rotatable bonds is 15. The van der Waals surface area contributed by atoms with Gasteiger partial charge < -0.3 is 9.47 Å². The molecule has 0 saturated heterocycles. The standard InChI is InChI=1S/C27H54O2/c1-21(2)11-9-12-23(5)13-10-14-25-15-17-26(18-16-25)24(6)29-27(7,8)19-20-28-22(3)4/h21-26H,9-20H2,1-8H3. The van der Waals surface area contributed by atoms with Gasteiger partial charge in [-0.2, -0.15) is 0 Å². The summed E-state index contributed by atoms with van der Waals surface area (Å²) < 4.78 is 12.2. The van der Waals surface area contributed by atoms with Gasteiger partial charge in [-0.25, -0.2) is 0 Å². The second kappa shape index (κ2) is 14.1. The van der Waals surface area contributed by atoms with Crippen LogP contribution in [0, 0.1) is 23.7 Å². The van der Waals surface area contributed by atoms with Gasteiger partial charge in [0.1, 0.15) is 0 Å². The Kier molecular flexibility index (Phi) is 13.1. The second-order valence-corrected chi connectivity index (χ2v) is 11.4. The predicted molar refractivity (Wildman–Crippen MR) is 127 cm³/mol. The summed E-state index contributed by atoms with van der Waals surface area (Å²) in [5, 5.41) is 0. The molecule has 1 aliphatic rings. The first-order valence-electron chi connectivity index (χ1n) is 12.9. The Bertz CT molecular complexity index is 393.